The fraction of sp³-hybridized carbons (Fsp3) is 0.933. The Hall–Kier alpha value is -0.610. The molecule has 110 valence electrons. The van der Waals surface area contributed by atoms with Gasteiger partial charge >= 0.3 is 0 Å². The number of amides is 1. The van der Waals surface area contributed by atoms with Crippen LogP contribution >= 0.6 is 0 Å². The third kappa shape index (κ3) is 2.79. The highest BCUT2D eigenvalue weighted by Gasteiger charge is 2.50. The van der Waals surface area contributed by atoms with Crippen molar-refractivity contribution in [1.82, 2.24) is 10.6 Å². The molecule has 4 heteroatoms. The van der Waals surface area contributed by atoms with Crippen LogP contribution in [0.15, 0.2) is 0 Å². The standard InChI is InChI=1S/C15H28N2O2/c1-5-19-12-10-11(14(12,2)3)17-13(18)15(4)8-6-7-9-16-15/h11-12,16H,5-10H2,1-4H3,(H,17,18). The second-order valence-corrected chi connectivity index (χ2v) is 6.74. The first-order valence-electron chi connectivity index (χ1n) is 7.58. The molecular formula is C15H28N2O2. The van der Waals surface area contributed by atoms with Gasteiger partial charge in [-0.2, -0.15) is 0 Å². The van der Waals surface area contributed by atoms with Crippen LogP contribution in [-0.4, -0.2) is 36.7 Å². The molecule has 0 bridgehead atoms. The van der Waals surface area contributed by atoms with Crippen molar-refractivity contribution in [3.05, 3.63) is 0 Å². The lowest BCUT2D eigenvalue weighted by atomic mass is 9.64. The van der Waals surface area contributed by atoms with Crippen molar-refractivity contribution in [3.8, 4) is 0 Å². The summed E-state index contributed by atoms with van der Waals surface area (Å²) in [6, 6.07) is 0.233. The molecule has 0 radical (unpaired) electrons. The van der Waals surface area contributed by atoms with E-state index in [9.17, 15) is 4.79 Å². The second kappa shape index (κ2) is 5.41. The lowest BCUT2D eigenvalue weighted by molar-refractivity contribution is -0.142. The molecule has 0 aromatic carbocycles. The van der Waals surface area contributed by atoms with Crippen molar-refractivity contribution in [3.63, 3.8) is 0 Å². The summed E-state index contributed by atoms with van der Waals surface area (Å²) in [6.07, 6.45) is 4.44. The van der Waals surface area contributed by atoms with Crippen LogP contribution in [-0.2, 0) is 9.53 Å². The topological polar surface area (TPSA) is 50.4 Å². The van der Waals surface area contributed by atoms with Crippen molar-refractivity contribution in [2.24, 2.45) is 5.41 Å². The van der Waals surface area contributed by atoms with Gasteiger partial charge in [0.25, 0.3) is 0 Å². The SMILES string of the molecule is CCOC1CC(NC(=O)C2(C)CCCCN2)C1(C)C. The van der Waals surface area contributed by atoms with E-state index >= 15 is 0 Å². The zero-order valence-corrected chi connectivity index (χ0v) is 12.7. The molecule has 3 unspecified atom stereocenters. The second-order valence-electron chi connectivity index (χ2n) is 6.74. The first kappa shape index (κ1) is 14.8. The molecular weight excluding hydrogens is 240 g/mol. The molecule has 2 rings (SSSR count). The minimum Gasteiger partial charge on any atom is -0.378 e. The van der Waals surface area contributed by atoms with Gasteiger partial charge in [-0.25, -0.2) is 0 Å². The van der Waals surface area contributed by atoms with Gasteiger partial charge in [0.2, 0.25) is 5.91 Å². The Morgan fingerprint density at radius 1 is 1.37 bits per heavy atom. The molecule has 0 aromatic heterocycles. The molecule has 19 heavy (non-hydrogen) atoms. The number of piperidine rings is 1. The summed E-state index contributed by atoms with van der Waals surface area (Å²) in [6.45, 7) is 10.1. The number of rotatable bonds is 4. The van der Waals surface area contributed by atoms with Crippen LogP contribution in [0.25, 0.3) is 0 Å². The fourth-order valence-electron chi connectivity index (χ4n) is 3.18. The third-order valence-electron chi connectivity index (χ3n) is 4.97. The van der Waals surface area contributed by atoms with Gasteiger partial charge in [0.15, 0.2) is 0 Å². The van der Waals surface area contributed by atoms with Crippen molar-refractivity contribution in [1.29, 1.82) is 0 Å². The monoisotopic (exact) mass is 268 g/mol. The molecule has 4 nitrogen and oxygen atoms in total. The molecule has 1 aliphatic carbocycles. The van der Waals surface area contributed by atoms with E-state index in [2.05, 4.69) is 24.5 Å². The largest absolute Gasteiger partial charge is 0.378 e. The molecule has 1 amide bonds. The van der Waals surface area contributed by atoms with Crippen LogP contribution in [0, 0.1) is 5.41 Å². The normalized spacial score (nSPS) is 37.5. The number of ether oxygens (including phenoxy) is 1. The molecule has 2 aliphatic rings. The van der Waals surface area contributed by atoms with Crippen molar-refractivity contribution in [2.45, 2.75) is 71.1 Å². The molecule has 1 saturated carbocycles. The predicted octanol–water partition coefficient (Wildman–Crippen LogP) is 1.84. The predicted molar refractivity (Wildman–Crippen MR) is 76.0 cm³/mol. The Bertz CT molecular complexity index is 335. The van der Waals surface area contributed by atoms with E-state index in [1.807, 2.05) is 13.8 Å². The van der Waals surface area contributed by atoms with Crippen molar-refractivity contribution in [2.75, 3.05) is 13.2 Å². The minimum atomic E-state index is -0.384. The number of nitrogens with one attached hydrogen (secondary N) is 2. The highest BCUT2D eigenvalue weighted by molar-refractivity contribution is 5.86. The lowest BCUT2D eigenvalue weighted by Gasteiger charge is -2.52. The molecule has 1 heterocycles. The zero-order valence-electron chi connectivity index (χ0n) is 12.7. The number of carbonyl (C=O) groups excluding carboxylic acids is 1. The summed E-state index contributed by atoms with van der Waals surface area (Å²) in [5.74, 6) is 0.153. The van der Waals surface area contributed by atoms with E-state index in [1.54, 1.807) is 0 Å². The van der Waals surface area contributed by atoms with Crippen LogP contribution in [0.2, 0.25) is 0 Å². The first-order valence-corrected chi connectivity index (χ1v) is 7.58. The van der Waals surface area contributed by atoms with E-state index in [4.69, 9.17) is 4.74 Å². The van der Waals surface area contributed by atoms with Gasteiger partial charge in [-0.3, -0.25) is 4.79 Å². The molecule has 0 aromatic rings. The molecule has 1 saturated heterocycles. The highest BCUT2D eigenvalue weighted by Crippen LogP contribution is 2.43. The maximum Gasteiger partial charge on any atom is 0.240 e. The summed E-state index contributed by atoms with van der Waals surface area (Å²) in [5.41, 5.74) is -0.346. The van der Waals surface area contributed by atoms with Crippen LogP contribution < -0.4 is 10.6 Å². The van der Waals surface area contributed by atoms with E-state index in [0.717, 1.165) is 32.4 Å². The van der Waals surface area contributed by atoms with Crippen molar-refractivity contribution >= 4 is 5.91 Å². The fourth-order valence-corrected chi connectivity index (χ4v) is 3.18. The molecule has 1 aliphatic heterocycles. The van der Waals surface area contributed by atoms with Crippen molar-refractivity contribution < 1.29 is 9.53 Å². The van der Waals surface area contributed by atoms with E-state index in [-0.39, 0.29) is 29.0 Å². The molecule has 0 spiro atoms. The Morgan fingerprint density at radius 2 is 2.11 bits per heavy atom. The Labute approximate surface area is 116 Å². The van der Waals surface area contributed by atoms with E-state index in [1.165, 1.54) is 6.42 Å². The van der Waals surface area contributed by atoms with Crippen LogP contribution in [0.4, 0.5) is 0 Å². The molecule has 3 atom stereocenters. The smallest absolute Gasteiger partial charge is 0.240 e. The van der Waals surface area contributed by atoms with Gasteiger partial charge in [0.1, 0.15) is 0 Å². The van der Waals surface area contributed by atoms with Gasteiger partial charge < -0.3 is 15.4 Å². The Balaban J connectivity index is 1.90. The van der Waals surface area contributed by atoms with Crippen LogP contribution in [0.5, 0.6) is 0 Å². The highest BCUT2D eigenvalue weighted by atomic mass is 16.5. The van der Waals surface area contributed by atoms with Gasteiger partial charge in [-0.15, -0.1) is 0 Å². The summed E-state index contributed by atoms with van der Waals surface area (Å²) in [7, 11) is 0. The summed E-state index contributed by atoms with van der Waals surface area (Å²) in [4.78, 5) is 12.5. The first-order chi connectivity index (χ1) is 8.90. The van der Waals surface area contributed by atoms with Gasteiger partial charge in [0, 0.05) is 18.1 Å². The lowest BCUT2D eigenvalue weighted by Crippen LogP contribution is -2.66. The zero-order chi connectivity index (χ0) is 14.1. The van der Waals surface area contributed by atoms with Gasteiger partial charge in [-0.05, 0) is 46.1 Å². The average molecular weight is 268 g/mol. The maximum absolute atomic E-state index is 12.5. The maximum atomic E-state index is 12.5. The summed E-state index contributed by atoms with van der Waals surface area (Å²) < 4.78 is 5.71. The number of carbonyl (C=O) groups is 1. The summed E-state index contributed by atoms with van der Waals surface area (Å²) >= 11 is 0. The quantitative estimate of drug-likeness (QED) is 0.818. The average Bonchev–Trinajstić information content (AvgIpc) is 2.38. The van der Waals surface area contributed by atoms with Gasteiger partial charge in [-0.1, -0.05) is 13.8 Å². The number of hydrogen-bond acceptors (Lipinski definition) is 3. The van der Waals surface area contributed by atoms with Crippen LogP contribution in [0.1, 0.15) is 53.4 Å². The van der Waals surface area contributed by atoms with Crippen LogP contribution in [0.3, 0.4) is 0 Å². The molecule has 2 fully saturated rings. The van der Waals surface area contributed by atoms with E-state index in [0.29, 0.717) is 0 Å². The Morgan fingerprint density at radius 3 is 2.63 bits per heavy atom. The minimum absolute atomic E-state index is 0.0384. The van der Waals surface area contributed by atoms with Gasteiger partial charge in [0.05, 0.1) is 11.6 Å². The third-order valence-corrected chi connectivity index (χ3v) is 4.97. The Kier molecular flexibility index (Phi) is 4.21. The van der Waals surface area contributed by atoms with E-state index < -0.39 is 0 Å². The number of hydrogen-bond donors (Lipinski definition) is 2. The molecule has 2 N–H and O–H groups in total. The summed E-state index contributed by atoms with van der Waals surface area (Å²) in [5, 5.41) is 6.59.